The number of nitrogens with one attached hydrogen (secondary N) is 2. The lowest BCUT2D eigenvalue weighted by atomic mass is 10.1. The van der Waals surface area contributed by atoms with Gasteiger partial charge in [0.25, 0.3) is 0 Å². The molecule has 0 bridgehead atoms. The van der Waals surface area contributed by atoms with Crippen LogP contribution in [0.3, 0.4) is 0 Å². The van der Waals surface area contributed by atoms with Gasteiger partial charge in [0.2, 0.25) is 0 Å². The van der Waals surface area contributed by atoms with E-state index < -0.39 is 0 Å². The van der Waals surface area contributed by atoms with Crippen LogP contribution in [0.4, 0.5) is 0 Å². The zero-order valence-electron chi connectivity index (χ0n) is 13.1. The Balaban J connectivity index is 1.52. The molecule has 6 heteroatoms. The quantitative estimate of drug-likeness (QED) is 0.727. The molecular formula is C17H23ClN4O. The van der Waals surface area contributed by atoms with Crippen molar-refractivity contribution >= 4 is 11.6 Å². The number of β-amino-alcohol motifs (C(OH)–C–C–N with tert-alkyl or cyclic N) is 1. The number of hydrogen-bond acceptors (Lipinski definition) is 4. The maximum absolute atomic E-state index is 10.1. The van der Waals surface area contributed by atoms with Gasteiger partial charge in [0.1, 0.15) is 0 Å². The summed E-state index contributed by atoms with van der Waals surface area (Å²) in [5.41, 5.74) is 3.05. The van der Waals surface area contributed by atoms with E-state index in [-0.39, 0.29) is 6.10 Å². The molecule has 3 rings (SSSR count). The molecule has 1 aliphatic heterocycles. The van der Waals surface area contributed by atoms with E-state index >= 15 is 0 Å². The highest BCUT2D eigenvalue weighted by atomic mass is 35.5. The predicted octanol–water partition coefficient (Wildman–Crippen LogP) is 2.28. The van der Waals surface area contributed by atoms with Crippen LogP contribution in [0, 0.1) is 0 Å². The molecule has 0 spiro atoms. The fourth-order valence-electron chi connectivity index (χ4n) is 3.04. The summed E-state index contributed by atoms with van der Waals surface area (Å²) in [6.45, 7) is 4.21. The van der Waals surface area contributed by atoms with Crippen LogP contribution in [0.5, 0.6) is 0 Å². The van der Waals surface area contributed by atoms with Gasteiger partial charge < -0.3 is 15.3 Å². The van der Waals surface area contributed by atoms with Gasteiger partial charge in [0.15, 0.2) is 0 Å². The largest absolute Gasteiger partial charge is 0.390 e. The molecule has 2 heterocycles. The zero-order chi connectivity index (χ0) is 16.1. The van der Waals surface area contributed by atoms with E-state index in [0.717, 1.165) is 36.5 Å². The number of aliphatic hydroxyl groups excluding tert-OH is 1. The van der Waals surface area contributed by atoms with E-state index in [9.17, 15) is 5.11 Å². The van der Waals surface area contributed by atoms with Crippen molar-refractivity contribution in [2.45, 2.75) is 25.5 Å². The first-order chi connectivity index (χ1) is 11.2. The molecule has 5 nitrogen and oxygen atoms in total. The van der Waals surface area contributed by atoms with Gasteiger partial charge in [-0.2, -0.15) is 5.10 Å². The van der Waals surface area contributed by atoms with Crippen LogP contribution in [0.25, 0.3) is 11.3 Å². The second-order valence-electron chi connectivity index (χ2n) is 6.07. The molecule has 1 aliphatic rings. The van der Waals surface area contributed by atoms with Crippen LogP contribution in [0.1, 0.15) is 18.4 Å². The summed E-state index contributed by atoms with van der Waals surface area (Å²) >= 11 is 6.05. The van der Waals surface area contributed by atoms with Gasteiger partial charge in [-0.25, -0.2) is 0 Å². The summed E-state index contributed by atoms with van der Waals surface area (Å²) in [7, 11) is 0. The minimum Gasteiger partial charge on any atom is -0.390 e. The van der Waals surface area contributed by atoms with Crippen LogP contribution >= 0.6 is 11.6 Å². The fourth-order valence-corrected chi connectivity index (χ4v) is 3.23. The van der Waals surface area contributed by atoms with Crippen LogP contribution in [-0.2, 0) is 6.54 Å². The number of aliphatic hydroxyl groups is 1. The molecule has 0 amide bonds. The zero-order valence-corrected chi connectivity index (χ0v) is 13.9. The normalized spacial score (nSPS) is 16.8. The maximum atomic E-state index is 10.1. The molecule has 0 saturated carbocycles. The predicted molar refractivity (Wildman–Crippen MR) is 92.4 cm³/mol. The second-order valence-corrected chi connectivity index (χ2v) is 6.51. The van der Waals surface area contributed by atoms with E-state index in [0.29, 0.717) is 18.1 Å². The Morgan fingerprint density at radius 1 is 1.35 bits per heavy atom. The summed E-state index contributed by atoms with van der Waals surface area (Å²) in [6, 6.07) is 7.70. The third kappa shape index (κ3) is 4.54. The Morgan fingerprint density at radius 2 is 2.17 bits per heavy atom. The average molecular weight is 335 g/mol. The summed E-state index contributed by atoms with van der Waals surface area (Å²) in [5, 5.41) is 21.3. The Bertz CT molecular complexity index is 625. The Kier molecular flexibility index (Phi) is 5.67. The Labute approximate surface area is 141 Å². The van der Waals surface area contributed by atoms with Crippen molar-refractivity contribution in [3.63, 3.8) is 0 Å². The smallest absolute Gasteiger partial charge is 0.0791 e. The van der Waals surface area contributed by atoms with Gasteiger partial charge in [-0.05, 0) is 38.1 Å². The third-order valence-corrected chi connectivity index (χ3v) is 4.43. The highest BCUT2D eigenvalue weighted by Gasteiger charge is 2.15. The van der Waals surface area contributed by atoms with E-state index in [1.165, 1.54) is 12.8 Å². The number of likely N-dealkylation sites (tertiary alicyclic amines) is 1. The number of benzene rings is 1. The van der Waals surface area contributed by atoms with Crippen LogP contribution < -0.4 is 5.32 Å². The van der Waals surface area contributed by atoms with Crippen molar-refractivity contribution in [1.82, 2.24) is 20.4 Å². The van der Waals surface area contributed by atoms with Crippen molar-refractivity contribution in [2.75, 3.05) is 26.2 Å². The van der Waals surface area contributed by atoms with Gasteiger partial charge in [-0.15, -0.1) is 0 Å². The standard InChI is InChI=1S/C17H23ClN4O/c18-15-5-3-4-13(8-15)17-14(10-20-21-17)9-19-11-16(23)12-22-6-1-2-7-22/h3-5,8,10,16,19,23H,1-2,6-7,9,11-12H2,(H,20,21). The van der Waals surface area contributed by atoms with Crippen LogP contribution in [0.2, 0.25) is 5.02 Å². The molecule has 3 N–H and O–H groups in total. The van der Waals surface area contributed by atoms with E-state index in [4.69, 9.17) is 11.6 Å². The molecular weight excluding hydrogens is 312 g/mol. The number of halogens is 1. The topological polar surface area (TPSA) is 64.2 Å². The minimum atomic E-state index is -0.338. The van der Waals surface area contributed by atoms with Crippen molar-refractivity contribution in [1.29, 1.82) is 0 Å². The first kappa shape index (κ1) is 16.5. The Hall–Kier alpha value is -1.40. The summed E-state index contributed by atoms with van der Waals surface area (Å²) in [5.74, 6) is 0. The van der Waals surface area contributed by atoms with E-state index in [2.05, 4.69) is 20.4 Å². The fraction of sp³-hybridized carbons (Fsp3) is 0.471. The lowest BCUT2D eigenvalue weighted by molar-refractivity contribution is 0.123. The molecule has 1 atom stereocenters. The van der Waals surface area contributed by atoms with Gasteiger partial charge in [0, 0.05) is 35.8 Å². The number of nitrogens with zero attached hydrogens (tertiary/aromatic N) is 2. The van der Waals surface area contributed by atoms with Crippen molar-refractivity contribution in [3.8, 4) is 11.3 Å². The maximum Gasteiger partial charge on any atom is 0.0791 e. The SMILES string of the molecule is OC(CNCc1cn[nH]c1-c1cccc(Cl)c1)CN1CCCC1. The van der Waals surface area contributed by atoms with Crippen molar-refractivity contribution in [3.05, 3.63) is 41.0 Å². The lowest BCUT2D eigenvalue weighted by Gasteiger charge is -2.19. The average Bonchev–Trinajstić information content (AvgIpc) is 3.19. The molecule has 1 saturated heterocycles. The highest BCUT2D eigenvalue weighted by Crippen LogP contribution is 2.23. The number of aromatic nitrogens is 2. The molecule has 124 valence electrons. The molecule has 1 aromatic heterocycles. The number of H-pyrrole nitrogens is 1. The second kappa shape index (κ2) is 7.93. The minimum absolute atomic E-state index is 0.338. The molecule has 2 aromatic rings. The van der Waals surface area contributed by atoms with Crippen LogP contribution in [-0.4, -0.2) is 52.5 Å². The Morgan fingerprint density at radius 3 is 2.96 bits per heavy atom. The van der Waals surface area contributed by atoms with E-state index in [1.54, 1.807) is 0 Å². The number of hydrogen-bond donors (Lipinski definition) is 3. The van der Waals surface area contributed by atoms with Gasteiger partial charge >= 0.3 is 0 Å². The van der Waals surface area contributed by atoms with Crippen molar-refractivity contribution in [2.24, 2.45) is 0 Å². The molecule has 0 radical (unpaired) electrons. The molecule has 23 heavy (non-hydrogen) atoms. The van der Waals surface area contributed by atoms with Crippen LogP contribution in [0.15, 0.2) is 30.5 Å². The molecule has 1 aromatic carbocycles. The van der Waals surface area contributed by atoms with Gasteiger partial charge in [-0.1, -0.05) is 23.7 Å². The highest BCUT2D eigenvalue weighted by molar-refractivity contribution is 6.30. The molecule has 1 fully saturated rings. The van der Waals surface area contributed by atoms with Crippen molar-refractivity contribution < 1.29 is 5.11 Å². The molecule has 0 aliphatic carbocycles. The summed E-state index contributed by atoms with van der Waals surface area (Å²) < 4.78 is 0. The number of aromatic amines is 1. The summed E-state index contributed by atoms with van der Waals surface area (Å²) in [4.78, 5) is 2.32. The first-order valence-electron chi connectivity index (χ1n) is 8.11. The first-order valence-corrected chi connectivity index (χ1v) is 8.49. The summed E-state index contributed by atoms with van der Waals surface area (Å²) in [6.07, 6.45) is 3.97. The van der Waals surface area contributed by atoms with Gasteiger partial charge in [0.05, 0.1) is 18.0 Å². The molecule has 1 unspecified atom stereocenters. The lowest BCUT2D eigenvalue weighted by Crippen LogP contribution is -2.36. The van der Waals surface area contributed by atoms with Gasteiger partial charge in [-0.3, -0.25) is 5.10 Å². The van der Waals surface area contributed by atoms with E-state index in [1.807, 2.05) is 30.5 Å². The monoisotopic (exact) mass is 334 g/mol. The third-order valence-electron chi connectivity index (χ3n) is 4.19. The number of rotatable bonds is 7.